The molecule has 0 saturated heterocycles. The lowest BCUT2D eigenvalue weighted by molar-refractivity contribution is 0.660. The van der Waals surface area contributed by atoms with Crippen molar-refractivity contribution in [3.05, 3.63) is 263 Å². The van der Waals surface area contributed by atoms with Crippen LogP contribution >= 0.6 is 0 Å². The van der Waals surface area contributed by atoms with Crippen LogP contribution in [0.15, 0.2) is 236 Å². The first-order valence-corrected chi connectivity index (χ1v) is 22.4. The maximum atomic E-state index is 4.17. The van der Waals surface area contributed by atoms with Gasteiger partial charge in [0, 0.05) is 22.2 Å². The lowest BCUT2D eigenvalue weighted by Gasteiger charge is -2.34. The van der Waals surface area contributed by atoms with E-state index in [0.717, 1.165) is 29.9 Å². The Balaban J connectivity index is 1.10. The maximum Gasteiger partial charge on any atom is 0.0688 e. The molecule has 1 heteroatoms. The Morgan fingerprint density at radius 2 is 1.10 bits per heavy atom. The molecular weight excluding hydrogens is 759 g/mol. The third-order valence-electron chi connectivity index (χ3n) is 14.4. The van der Waals surface area contributed by atoms with Gasteiger partial charge in [0.2, 0.25) is 0 Å². The van der Waals surface area contributed by atoms with Crippen LogP contribution in [0, 0.1) is 0 Å². The number of hydrogen-bond acceptors (Lipinski definition) is 1. The molecule has 0 amide bonds. The predicted molar refractivity (Wildman–Crippen MR) is 266 cm³/mol. The van der Waals surface area contributed by atoms with Gasteiger partial charge in [-0.25, -0.2) is 0 Å². The summed E-state index contributed by atoms with van der Waals surface area (Å²) in [6.07, 6.45) is 13.3. The van der Waals surface area contributed by atoms with Gasteiger partial charge >= 0.3 is 0 Å². The molecule has 12 rings (SSSR count). The molecule has 0 aliphatic heterocycles. The summed E-state index contributed by atoms with van der Waals surface area (Å²) in [6.45, 7) is 8.91. The van der Waals surface area contributed by atoms with Crippen molar-refractivity contribution in [3.8, 4) is 33.4 Å². The lowest BCUT2D eigenvalue weighted by atomic mass is 9.67. The Morgan fingerprint density at radius 3 is 1.81 bits per heavy atom. The van der Waals surface area contributed by atoms with Gasteiger partial charge in [-0.3, -0.25) is 0 Å². The molecule has 0 N–H and O–H groups in total. The van der Waals surface area contributed by atoms with E-state index in [1.54, 1.807) is 0 Å². The highest BCUT2D eigenvalue weighted by molar-refractivity contribution is 6.10. The quantitative estimate of drug-likeness (QED) is 0.145. The zero-order chi connectivity index (χ0) is 42.3. The van der Waals surface area contributed by atoms with Gasteiger partial charge in [0.25, 0.3) is 0 Å². The lowest BCUT2D eigenvalue weighted by Crippen LogP contribution is -2.28. The Labute approximate surface area is 371 Å². The van der Waals surface area contributed by atoms with Crippen molar-refractivity contribution in [2.45, 2.75) is 37.5 Å². The zero-order valence-corrected chi connectivity index (χ0v) is 35.8. The van der Waals surface area contributed by atoms with E-state index in [1.807, 2.05) is 6.08 Å². The molecule has 1 spiro atoms. The highest BCUT2D eigenvalue weighted by atomic mass is 15.1. The van der Waals surface area contributed by atoms with Crippen LogP contribution in [-0.2, 0) is 10.8 Å². The molecular formula is C62H47N. The van der Waals surface area contributed by atoms with Gasteiger partial charge in [-0.05, 0) is 132 Å². The summed E-state index contributed by atoms with van der Waals surface area (Å²) in [5.74, 6) is 0. The summed E-state index contributed by atoms with van der Waals surface area (Å²) >= 11 is 0. The van der Waals surface area contributed by atoms with Crippen molar-refractivity contribution in [2.24, 2.45) is 0 Å². The Kier molecular flexibility index (Phi) is 8.46. The fourth-order valence-corrected chi connectivity index (χ4v) is 11.7. The highest BCUT2D eigenvalue weighted by Crippen LogP contribution is 2.65. The van der Waals surface area contributed by atoms with E-state index in [4.69, 9.17) is 0 Å². The van der Waals surface area contributed by atoms with E-state index >= 15 is 0 Å². The summed E-state index contributed by atoms with van der Waals surface area (Å²) in [5, 5.41) is 2.44. The van der Waals surface area contributed by atoms with Crippen molar-refractivity contribution in [2.75, 3.05) is 4.90 Å². The van der Waals surface area contributed by atoms with Crippen molar-refractivity contribution < 1.29 is 0 Å². The number of allylic oxidation sites excluding steroid dienone is 9. The second kappa shape index (κ2) is 14.3. The number of hydrogen-bond donors (Lipinski definition) is 0. The van der Waals surface area contributed by atoms with Crippen molar-refractivity contribution in [3.63, 3.8) is 0 Å². The first-order valence-electron chi connectivity index (χ1n) is 22.4. The molecule has 63 heavy (non-hydrogen) atoms. The monoisotopic (exact) mass is 805 g/mol. The molecule has 0 bridgehead atoms. The molecule has 0 heterocycles. The predicted octanol–water partition coefficient (Wildman–Crippen LogP) is 16.4. The van der Waals surface area contributed by atoms with Gasteiger partial charge in [-0.1, -0.05) is 202 Å². The summed E-state index contributed by atoms with van der Waals surface area (Å²) in [6, 6.07) is 67.9. The summed E-state index contributed by atoms with van der Waals surface area (Å²) in [5.41, 5.74) is 22.8. The third-order valence-corrected chi connectivity index (χ3v) is 14.4. The fraction of sp³-hybridized carbons (Fsp3) is 0.0968. The minimum Gasteiger partial charge on any atom is -0.310 e. The molecule has 1 nitrogen and oxygen atoms in total. The average molecular weight is 806 g/mol. The number of fused-ring (bicyclic) bond motifs is 10. The fourth-order valence-electron chi connectivity index (χ4n) is 11.7. The van der Waals surface area contributed by atoms with Crippen LogP contribution in [0.25, 0.3) is 49.7 Å². The van der Waals surface area contributed by atoms with E-state index in [1.165, 1.54) is 94.3 Å². The summed E-state index contributed by atoms with van der Waals surface area (Å²) in [7, 11) is 0. The molecule has 0 saturated carbocycles. The largest absolute Gasteiger partial charge is 0.310 e. The van der Waals surface area contributed by atoms with E-state index in [0.29, 0.717) is 0 Å². The van der Waals surface area contributed by atoms with E-state index in [-0.39, 0.29) is 5.41 Å². The van der Waals surface area contributed by atoms with E-state index in [9.17, 15) is 0 Å². The van der Waals surface area contributed by atoms with Crippen LogP contribution in [0.1, 0.15) is 54.5 Å². The van der Waals surface area contributed by atoms with Gasteiger partial charge < -0.3 is 4.90 Å². The molecule has 0 radical (unpaired) electrons. The van der Waals surface area contributed by atoms with Gasteiger partial charge in [-0.2, -0.15) is 0 Å². The molecule has 300 valence electrons. The molecule has 0 atom stereocenters. The number of anilines is 3. The molecule has 4 aliphatic carbocycles. The first kappa shape index (κ1) is 37.3. The molecule has 0 aromatic heterocycles. The smallest absolute Gasteiger partial charge is 0.0688 e. The third kappa shape index (κ3) is 5.36. The van der Waals surface area contributed by atoms with Gasteiger partial charge in [0.05, 0.1) is 11.1 Å². The van der Waals surface area contributed by atoms with E-state index < -0.39 is 5.41 Å². The van der Waals surface area contributed by atoms with Gasteiger partial charge in [0.1, 0.15) is 0 Å². The number of nitrogens with zero attached hydrogens (tertiary/aromatic N) is 1. The van der Waals surface area contributed by atoms with Gasteiger partial charge in [-0.15, -0.1) is 0 Å². The molecule has 8 aromatic rings. The maximum absolute atomic E-state index is 4.17. The minimum atomic E-state index is -0.400. The molecule has 8 aromatic carbocycles. The van der Waals surface area contributed by atoms with Crippen LogP contribution in [0.3, 0.4) is 0 Å². The summed E-state index contributed by atoms with van der Waals surface area (Å²) < 4.78 is 0. The Morgan fingerprint density at radius 1 is 0.524 bits per heavy atom. The van der Waals surface area contributed by atoms with Crippen LogP contribution in [0.5, 0.6) is 0 Å². The SMILES string of the molecule is C=CC=CC1=C(c2ccc(N(c3ccc(-c4ccccc4)cc3)c3ccc4c(c3)C(C)(C)c3ccccc3-4)c3ccccc23)C2=C(CCC=C2)C12c1ccccc1-c1ccccc12. The molecule has 0 fully saturated rings. The topological polar surface area (TPSA) is 3.24 Å². The van der Waals surface area contributed by atoms with Crippen LogP contribution < -0.4 is 4.90 Å². The normalized spacial score (nSPS) is 16.0. The molecule has 0 unspecified atom stereocenters. The van der Waals surface area contributed by atoms with E-state index in [2.05, 4.69) is 232 Å². The van der Waals surface area contributed by atoms with Crippen LogP contribution in [-0.4, -0.2) is 0 Å². The van der Waals surface area contributed by atoms with Crippen molar-refractivity contribution in [1.29, 1.82) is 0 Å². The standard InChI is InChI=1S/C62H47N/c1-4-5-27-57-60(52-26-14-18-31-56(52)62(57)54-29-16-12-23-47(54)48-24-13-17-30-55(48)62)51-38-39-59(50-25-10-9-21-45(50)51)63(43-34-32-42(33-35-43)41-19-7-6-8-20-41)44-36-37-49-46-22-11-15-28-53(46)61(2,3)58(49)40-44/h4-17,19-30,32-40H,1,18,31H2,2-3H3. The Hall–Kier alpha value is -7.48. The van der Waals surface area contributed by atoms with Crippen molar-refractivity contribution >= 4 is 33.4 Å². The van der Waals surface area contributed by atoms with Crippen molar-refractivity contribution in [1.82, 2.24) is 0 Å². The van der Waals surface area contributed by atoms with Crippen LogP contribution in [0.4, 0.5) is 17.1 Å². The molecule has 4 aliphatic rings. The highest BCUT2D eigenvalue weighted by Gasteiger charge is 2.53. The number of benzene rings is 8. The second-order valence-corrected chi connectivity index (χ2v) is 17.9. The minimum absolute atomic E-state index is 0.132. The second-order valence-electron chi connectivity index (χ2n) is 17.9. The van der Waals surface area contributed by atoms with Gasteiger partial charge in [0.15, 0.2) is 0 Å². The average Bonchev–Trinajstić information content (AvgIpc) is 3.89. The summed E-state index contributed by atoms with van der Waals surface area (Å²) in [4.78, 5) is 2.48. The first-order chi connectivity index (χ1) is 31.0. The number of rotatable bonds is 7. The van der Waals surface area contributed by atoms with Crippen LogP contribution in [0.2, 0.25) is 0 Å². The Bertz CT molecular complexity index is 3270. The zero-order valence-electron chi connectivity index (χ0n) is 35.8.